The Morgan fingerprint density at radius 1 is 1.41 bits per heavy atom. The Kier molecular flexibility index (Phi) is 5.51. The first-order valence-electron chi connectivity index (χ1n) is 6.83. The number of carbonyl (C=O) groups is 1. The summed E-state index contributed by atoms with van der Waals surface area (Å²) in [6, 6.07) is 6.30. The summed E-state index contributed by atoms with van der Waals surface area (Å²) in [7, 11) is 5.31. The second-order valence-electron chi connectivity index (χ2n) is 5.10. The summed E-state index contributed by atoms with van der Waals surface area (Å²) in [5.74, 6) is -0.721. The Morgan fingerprint density at radius 2 is 2.18 bits per heavy atom. The zero-order chi connectivity index (χ0) is 16.1. The van der Waals surface area contributed by atoms with Crippen LogP contribution in [0.2, 0.25) is 0 Å². The highest BCUT2D eigenvalue weighted by Gasteiger charge is 2.17. The summed E-state index contributed by atoms with van der Waals surface area (Å²) < 4.78 is 18.5. The molecule has 22 heavy (non-hydrogen) atoms. The van der Waals surface area contributed by atoms with Crippen molar-refractivity contribution in [2.75, 3.05) is 27.7 Å². The smallest absolute Gasteiger partial charge is 0.251 e. The van der Waals surface area contributed by atoms with E-state index < -0.39 is 5.82 Å². The maximum atomic E-state index is 13.6. The number of methoxy groups -OCH3 is 1. The number of nitrogens with zero attached hydrogens (tertiary/aromatic N) is 1. The van der Waals surface area contributed by atoms with Crippen molar-refractivity contribution in [1.82, 2.24) is 10.2 Å². The number of thiophene rings is 1. The van der Waals surface area contributed by atoms with Crippen LogP contribution in [0.25, 0.3) is 0 Å². The van der Waals surface area contributed by atoms with Crippen molar-refractivity contribution >= 4 is 17.2 Å². The van der Waals surface area contributed by atoms with E-state index >= 15 is 0 Å². The number of nitrogens with one attached hydrogen (secondary N) is 1. The lowest BCUT2D eigenvalue weighted by molar-refractivity contribution is 0.0941. The molecule has 0 aliphatic heterocycles. The van der Waals surface area contributed by atoms with Crippen molar-refractivity contribution < 1.29 is 13.9 Å². The Bertz CT molecular complexity index is 629. The van der Waals surface area contributed by atoms with Crippen LogP contribution in [0, 0.1) is 5.82 Å². The molecule has 1 N–H and O–H groups in total. The average molecular weight is 322 g/mol. The van der Waals surface area contributed by atoms with E-state index in [0.717, 1.165) is 5.56 Å². The Labute approximate surface area is 133 Å². The SMILES string of the molecule is COc1ccc(C(=O)NC[C@@H](c2ccsc2)N(C)C)cc1F. The molecule has 0 saturated heterocycles. The predicted octanol–water partition coefficient (Wildman–Crippen LogP) is 2.93. The Hall–Kier alpha value is -1.92. The summed E-state index contributed by atoms with van der Waals surface area (Å²) >= 11 is 1.62. The van der Waals surface area contributed by atoms with E-state index in [9.17, 15) is 9.18 Å². The van der Waals surface area contributed by atoms with Crippen molar-refractivity contribution in [2.24, 2.45) is 0 Å². The van der Waals surface area contributed by atoms with Crippen LogP contribution < -0.4 is 10.1 Å². The van der Waals surface area contributed by atoms with E-state index in [1.165, 1.54) is 19.2 Å². The Morgan fingerprint density at radius 3 is 2.73 bits per heavy atom. The lowest BCUT2D eigenvalue weighted by Crippen LogP contribution is -2.34. The zero-order valence-electron chi connectivity index (χ0n) is 12.8. The fourth-order valence-electron chi connectivity index (χ4n) is 2.16. The van der Waals surface area contributed by atoms with Gasteiger partial charge in [-0.1, -0.05) is 0 Å². The van der Waals surface area contributed by atoms with Gasteiger partial charge >= 0.3 is 0 Å². The molecule has 0 radical (unpaired) electrons. The molecule has 6 heteroatoms. The van der Waals surface area contributed by atoms with Crippen LogP contribution in [-0.2, 0) is 0 Å². The van der Waals surface area contributed by atoms with Gasteiger partial charge in [0, 0.05) is 12.1 Å². The third-order valence-corrected chi connectivity index (χ3v) is 4.12. The normalized spacial score (nSPS) is 12.2. The molecule has 0 bridgehead atoms. The number of rotatable bonds is 6. The molecular formula is C16H19FN2O2S. The minimum absolute atomic E-state index is 0.0818. The third-order valence-electron chi connectivity index (χ3n) is 3.42. The van der Waals surface area contributed by atoms with Crippen molar-refractivity contribution in [3.05, 3.63) is 52.0 Å². The number of halogens is 1. The van der Waals surface area contributed by atoms with Gasteiger partial charge in [0.1, 0.15) is 0 Å². The molecule has 0 aliphatic rings. The second kappa shape index (κ2) is 7.38. The number of hydrogen-bond acceptors (Lipinski definition) is 4. The zero-order valence-corrected chi connectivity index (χ0v) is 13.6. The van der Waals surface area contributed by atoms with Gasteiger partial charge in [0.2, 0.25) is 0 Å². The average Bonchev–Trinajstić information content (AvgIpc) is 3.00. The Balaban J connectivity index is 2.04. The molecule has 0 fully saturated rings. The van der Waals surface area contributed by atoms with Gasteiger partial charge in [-0.25, -0.2) is 4.39 Å². The fourth-order valence-corrected chi connectivity index (χ4v) is 2.87. The first-order valence-corrected chi connectivity index (χ1v) is 7.77. The highest BCUT2D eigenvalue weighted by Crippen LogP contribution is 2.21. The lowest BCUT2D eigenvalue weighted by Gasteiger charge is -2.24. The molecule has 1 atom stereocenters. The molecule has 1 amide bonds. The van der Waals surface area contributed by atoms with Crippen LogP contribution in [0.4, 0.5) is 4.39 Å². The molecule has 0 saturated carbocycles. The molecule has 1 aromatic carbocycles. The first kappa shape index (κ1) is 16.5. The van der Waals surface area contributed by atoms with Gasteiger partial charge in [-0.05, 0) is 54.7 Å². The number of benzene rings is 1. The van der Waals surface area contributed by atoms with E-state index in [0.29, 0.717) is 6.54 Å². The minimum atomic E-state index is -0.544. The number of likely N-dealkylation sites (N-methyl/N-ethyl adjacent to an activating group) is 1. The largest absolute Gasteiger partial charge is 0.494 e. The van der Waals surface area contributed by atoms with Crippen molar-refractivity contribution in [1.29, 1.82) is 0 Å². The van der Waals surface area contributed by atoms with Crippen molar-refractivity contribution in [2.45, 2.75) is 6.04 Å². The molecule has 0 spiro atoms. The van der Waals surface area contributed by atoms with E-state index in [1.807, 2.05) is 30.4 Å². The highest BCUT2D eigenvalue weighted by molar-refractivity contribution is 7.07. The standard InChI is InChI=1S/C16H19FN2O2S/c1-19(2)14(12-6-7-22-10-12)9-18-16(20)11-4-5-15(21-3)13(17)8-11/h4-8,10,14H,9H2,1-3H3,(H,18,20)/t14-/m0/s1. The van der Waals surface area contributed by atoms with Crippen LogP contribution >= 0.6 is 11.3 Å². The molecule has 2 aromatic rings. The number of carbonyl (C=O) groups excluding carboxylic acids is 1. The second-order valence-corrected chi connectivity index (χ2v) is 5.88. The quantitative estimate of drug-likeness (QED) is 0.889. The summed E-state index contributed by atoms with van der Waals surface area (Å²) in [6.45, 7) is 0.455. The molecule has 0 unspecified atom stereocenters. The summed E-state index contributed by atoms with van der Waals surface area (Å²) in [5.41, 5.74) is 1.43. The van der Waals surface area contributed by atoms with E-state index in [-0.39, 0.29) is 23.3 Å². The van der Waals surface area contributed by atoms with Crippen LogP contribution in [0.15, 0.2) is 35.0 Å². The van der Waals surface area contributed by atoms with Crippen LogP contribution in [0.5, 0.6) is 5.75 Å². The minimum Gasteiger partial charge on any atom is -0.494 e. The molecule has 1 aromatic heterocycles. The number of ether oxygens (including phenoxy) is 1. The lowest BCUT2D eigenvalue weighted by atomic mass is 10.1. The van der Waals surface area contributed by atoms with Crippen molar-refractivity contribution in [3.63, 3.8) is 0 Å². The predicted molar refractivity (Wildman–Crippen MR) is 86.0 cm³/mol. The highest BCUT2D eigenvalue weighted by atomic mass is 32.1. The van der Waals surface area contributed by atoms with Gasteiger partial charge in [-0.15, -0.1) is 0 Å². The van der Waals surface area contributed by atoms with Gasteiger partial charge in [0.15, 0.2) is 11.6 Å². The molecule has 0 aliphatic carbocycles. The van der Waals surface area contributed by atoms with Crippen molar-refractivity contribution in [3.8, 4) is 5.75 Å². The maximum Gasteiger partial charge on any atom is 0.251 e. The summed E-state index contributed by atoms with van der Waals surface area (Å²) in [5, 5.41) is 6.92. The molecule has 2 rings (SSSR count). The fraction of sp³-hybridized carbons (Fsp3) is 0.312. The molecule has 4 nitrogen and oxygen atoms in total. The summed E-state index contributed by atoms with van der Waals surface area (Å²) in [4.78, 5) is 14.2. The number of amides is 1. The molecule has 1 heterocycles. The van der Waals surface area contributed by atoms with E-state index in [4.69, 9.17) is 4.74 Å². The third kappa shape index (κ3) is 3.84. The van der Waals surface area contributed by atoms with Crippen LogP contribution in [0.1, 0.15) is 22.0 Å². The van der Waals surface area contributed by atoms with Gasteiger partial charge < -0.3 is 15.0 Å². The number of hydrogen-bond donors (Lipinski definition) is 1. The first-order chi connectivity index (χ1) is 10.5. The maximum absolute atomic E-state index is 13.6. The van der Waals surface area contributed by atoms with Crippen LogP contribution in [0.3, 0.4) is 0 Å². The van der Waals surface area contributed by atoms with Gasteiger partial charge in [0.05, 0.1) is 13.2 Å². The summed E-state index contributed by atoms with van der Waals surface area (Å²) in [6.07, 6.45) is 0. The van der Waals surface area contributed by atoms with E-state index in [1.54, 1.807) is 17.4 Å². The van der Waals surface area contributed by atoms with Crippen LogP contribution in [-0.4, -0.2) is 38.6 Å². The topological polar surface area (TPSA) is 41.6 Å². The molecular weight excluding hydrogens is 303 g/mol. The monoisotopic (exact) mass is 322 g/mol. The van der Waals surface area contributed by atoms with E-state index in [2.05, 4.69) is 10.7 Å². The van der Waals surface area contributed by atoms with Gasteiger partial charge in [0.25, 0.3) is 5.91 Å². The van der Waals surface area contributed by atoms with Gasteiger partial charge in [-0.3, -0.25) is 4.79 Å². The molecule has 118 valence electrons. The van der Waals surface area contributed by atoms with Gasteiger partial charge in [-0.2, -0.15) is 11.3 Å².